The highest BCUT2D eigenvalue weighted by atomic mass is 32.2. The number of Topliss-reactive ketones (excluding diaryl/α,β-unsaturated/α-hetero) is 2. The normalized spacial score (nSPS) is 15.0. The summed E-state index contributed by atoms with van der Waals surface area (Å²) in [6.07, 6.45) is 1.76. The number of anilines is 1. The first-order valence-electron chi connectivity index (χ1n) is 8.64. The molecular formula is C18H21N3O4S2. The summed E-state index contributed by atoms with van der Waals surface area (Å²) >= 11 is 1.22. The first kappa shape index (κ1) is 19.7. The van der Waals surface area contributed by atoms with Crippen LogP contribution < -0.4 is 5.32 Å². The van der Waals surface area contributed by atoms with Gasteiger partial charge in [-0.1, -0.05) is 11.3 Å². The van der Waals surface area contributed by atoms with Crippen molar-refractivity contribution < 1.29 is 18.0 Å². The van der Waals surface area contributed by atoms with Crippen LogP contribution in [0.5, 0.6) is 0 Å². The summed E-state index contributed by atoms with van der Waals surface area (Å²) in [6, 6.07) is 6.01. The van der Waals surface area contributed by atoms with Gasteiger partial charge in [0.25, 0.3) is 0 Å². The number of benzene rings is 1. The molecule has 1 saturated heterocycles. The van der Waals surface area contributed by atoms with Crippen molar-refractivity contribution in [1.82, 2.24) is 9.29 Å². The fraction of sp³-hybridized carbons (Fsp3) is 0.389. The molecule has 1 N–H and O–H groups in total. The lowest BCUT2D eigenvalue weighted by Crippen LogP contribution is -2.27. The van der Waals surface area contributed by atoms with E-state index in [0.717, 1.165) is 12.8 Å². The van der Waals surface area contributed by atoms with Crippen LogP contribution in [0.4, 0.5) is 5.13 Å². The van der Waals surface area contributed by atoms with Crippen LogP contribution in [0.15, 0.2) is 29.2 Å². The predicted molar refractivity (Wildman–Crippen MR) is 104 cm³/mol. The summed E-state index contributed by atoms with van der Waals surface area (Å²) in [5, 5.41) is 3.44. The first-order valence-corrected chi connectivity index (χ1v) is 10.9. The van der Waals surface area contributed by atoms with E-state index in [0.29, 0.717) is 34.4 Å². The van der Waals surface area contributed by atoms with Gasteiger partial charge in [-0.05, 0) is 44.0 Å². The fourth-order valence-electron chi connectivity index (χ4n) is 2.95. The zero-order chi connectivity index (χ0) is 19.6. The summed E-state index contributed by atoms with van der Waals surface area (Å²) in [5.74, 6) is -0.239. The first-order chi connectivity index (χ1) is 12.8. The van der Waals surface area contributed by atoms with Crippen LogP contribution in [-0.2, 0) is 10.0 Å². The number of sulfonamides is 1. The maximum Gasteiger partial charge on any atom is 0.243 e. The van der Waals surface area contributed by atoms with Gasteiger partial charge in [0.1, 0.15) is 0 Å². The molecule has 0 amide bonds. The summed E-state index contributed by atoms with van der Waals surface area (Å²) in [4.78, 5) is 28.8. The second-order valence-corrected chi connectivity index (χ2v) is 9.34. The summed E-state index contributed by atoms with van der Waals surface area (Å²) in [5.41, 5.74) is 1.06. The second kappa shape index (κ2) is 7.87. The van der Waals surface area contributed by atoms with Gasteiger partial charge in [-0.25, -0.2) is 13.4 Å². The molecule has 0 bridgehead atoms. The number of hydrogen-bond acceptors (Lipinski definition) is 7. The highest BCUT2D eigenvalue weighted by molar-refractivity contribution is 7.89. The number of ketones is 2. The minimum Gasteiger partial charge on any atom is -0.354 e. The van der Waals surface area contributed by atoms with Crippen LogP contribution >= 0.6 is 11.3 Å². The molecular weight excluding hydrogens is 386 g/mol. The van der Waals surface area contributed by atoms with Gasteiger partial charge in [-0.15, -0.1) is 0 Å². The van der Waals surface area contributed by atoms with Crippen molar-refractivity contribution in [1.29, 1.82) is 0 Å². The Balaban J connectivity index is 1.65. The topological polar surface area (TPSA) is 96.4 Å². The Hall–Kier alpha value is -2.10. The van der Waals surface area contributed by atoms with Gasteiger partial charge in [0.15, 0.2) is 16.7 Å². The van der Waals surface area contributed by atoms with Crippen molar-refractivity contribution in [2.45, 2.75) is 31.6 Å². The Morgan fingerprint density at radius 1 is 1.19 bits per heavy atom. The average Bonchev–Trinajstić information content (AvgIpc) is 3.30. The number of carbonyl (C=O) groups excluding carboxylic acids is 2. The Kier molecular flexibility index (Phi) is 5.73. The van der Waals surface area contributed by atoms with Crippen molar-refractivity contribution in [2.75, 3.05) is 25.0 Å². The van der Waals surface area contributed by atoms with Crippen LogP contribution in [0.25, 0.3) is 0 Å². The quantitative estimate of drug-likeness (QED) is 0.709. The molecule has 2 aromatic rings. The van der Waals surface area contributed by atoms with Gasteiger partial charge in [-0.3, -0.25) is 9.59 Å². The molecule has 1 aliphatic heterocycles. The molecule has 0 aliphatic carbocycles. The molecule has 0 spiro atoms. The molecule has 0 atom stereocenters. The molecule has 0 saturated carbocycles. The van der Waals surface area contributed by atoms with Gasteiger partial charge >= 0.3 is 0 Å². The van der Waals surface area contributed by atoms with E-state index >= 15 is 0 Å². The predicted octanol–water partition coefficient (Wildman–Crippen LogP) is 2.73. The molecule has 9 heteroatoms. The number of thiazole rings is 1. The third kappa shape index (κ3) is 4.26. The average molecular weight is 408 g/mol. The molecule has 0 unspecified atom stereocenters. The minimum absolute atomic E-state index is 0.0164. The number of nitrogens with one attached hydrogen (secondary N) is 1. The van der Waals surface area contributed by atoms with Crippen molar-refractivity contribution >= 4 is 38.1 Å². The molecule has 1 aliphatic rings. The number of hydrogen-bond donors (Lipinski definition) is 1. The molecule has 27 heavy (non-hydrogen) atoms. The Labute approximate surface area is 162 Å². The standard InChI is InChI=1S/C18H21N3O4S2/c1-12-17(13(2)22)26-18(20-12)19-11-16(23)14-5-7-15(8-6-14)27(24,25)21-9-3-4-10-21/h5-8H,3-4,9-11H2,1-2H3,(H,19,20). The van der Waals surface area contributed by atoms with E-state index in [2.05, 4.69) is 10.3 Å². The highest BCUT2D eigenvalue weighted by Crippen LogP contribution is 2.23. The molecule has 2 heterocycles. The van der Waals surface area contributed by atoms with E-state index < -0.39 is 10.0 Å². The molecule has 3 rings (SSSR count). The third-order valence-electron chi connectivity index (χ3n) is 4.40. The molecule has 0 radical (unpaired) electrons. The zero-order valence-electron chi connectivity index (χ0n) is 15.2. The largest absolute Gasteiger partial charge is 0.354 e. The van der Waals surface area contributed by atoms with Gasteiger partial charge in [0, 0.05) is 25.6 Å². The van der Waals surface area contributed by atoms with Crippen molar-refractivity contribution in [3.8, 4) is 0 Å². The fourth-order valence-corrected chi connectivity index (χ4v) is 5.32. The second-order valence-electron chi connectivity index (χ2n) is 6.40. The van der Waals surface area contributed by atoms with Crippen LogP contribution in [0, 0.1) is 6.92 Å². The third-order valence-corrected chi connectivity index (χ3v) is 7.52. The van der Waals surface area contributed by atoms with Gasteiger partial charge in [0.2, 0.25) is 10.0 Å². The van der Waals surface area contributed by atoms with Crippen LogP contribution in [0.3, 0.4) is 0 Å². The van der Waals surface area contributed by atoms with E-state index in [9.17, 15) is 18.0 Å². The Morgan fingerprint density at radius 2 is 1.81 bits per heavy atom. The monoisotopic (exact) mass is 407 g/mol. The molecule has 1 aromatic heterocycles. The lowest BCUT2D eigenvalue weighted by molar-refractivity contribution is 0.100. The SMILES string of the molecule is CC(=O)c1sc(NCC(=O)c2ccc(S(=O)(=O)N3CCCC3)cc2)nc1C. The summed E-state index contributed by atoms with van der Waals surface area (Å²) in [7, 11) is -3.48. The van der Waals surface area contributed by atoms with E-state index in [1.165, 1.54) is 46.8 Å². The molecule has 1 fully saturated rings. The van der Waals surface area contributed by atoms with E-state index in [1.807, 2.05) is 0 Å². The number of aryl methyl sites for hydroxylation is 1. The maximum absolute atomic E-state index is 12.5. The number of carbonyl (C=O) groups is 2. The van der Waals surface area contributed by atoms with E-state index in [-0.39, 0.29) is 23.0 Å². The minimum atomic E-state index is -3.48. The maximum atomic E-state index is 12.5. The lowest BCUT2D eigenvalue weighted by Gasteiger charge is -2.15. The van der Waals surface area contributed by atoms with Crippen molar-refractivity contribution in [3.05, 3.63) is 40.4 Å². The van der Waals surface area contributed by atoms with Gasteiger partial charge < -0.3 is 5.32 Å². The van der Waals surface area contributed by atoms with Crippen LogP contribution in [-0.4, -0.2) is 48.9 Å². The summed E-state index contributed by atoms with van der Waals surface area (Å²) < 4.78 is 26.5. The smallest absolute Gasteiger partial charge is 0.243 e. The number of rotatable bonds is 7. The Morgan fingerprint density at radius 3 is 2.37 bits per heavy atom. The number of aromatic nitrogens is 1. The zero-order valence-corrected chi connectivity index (χ0v) is 16.8. The van der Waals surface area contributed by atoms with Crippen molar-refractivity contribution in [2.24, 2.45) is 0 Å². The molecule has 7 nitrogen and oxygen atoms in total. The highest BCUT2D eigenvalue weighted by Gasteiger charge is 2.27. The van der Waals surface area contributed by atoms with Crippen LogP contribution in [0.2, 0.25) is 0 Å². The van der Waals surface area contributed by atoms with Crippen molar-refractivity contribution in [3.63, 3.8) is 0 Å². The van der Waals surface area contributed by atoms with Gasteiger partial charge in [0.05, 0.1) is 22.0 Å². The molecule has 1 aromatic carbocycles. The summed E-state index contributed by atoms with van der Waals surface area (Å²) in [6.45, 7) is 4.33. The lowest BCUT2D eigenvalue weighted by atomic mass is 10.1. The molecule has 144 valence electrons. The van der Waals surface area contributed by atoms with Gasteiger partial charge in [-0.2, -0.15) is 4.31 Å². The van der Waals surface area contributed by atoms with E-state index in [1.54, 1.807) is 6.92 Å². The Bertz CT molecular complexity index is 959. The van der Waals surface area contributed by atoms with E-state index in [4.69, 9.17) is 0 Å². The number of nitrogens with zero attached hydrogens (tertiary/aromatic N) is 2. The van der Waals surface area contributed by atoms with Crippen LogP contribution in [0.1, 0.15) is 45.5 Å².